The van der Waals surface area contributed by atoms with Crippen LogP contribution >= 0.6 is 0 Å². The number of anilines is 10. The van der Waals surface area contributed by atoms with Crippen LogP contribution in [0, 0.1) is 11.6 Å². The van der Waals surface area contributed by atoms with Crippen molar-refractivity contribution < 1.29 is 47.7 Å². The van der Waals surface area contributed by atoms with Crippen molar-refractivity contribution in [2.24, 2.45) is 0 Å². The molecule has 332 valence electrons. The minimum atomic E-state index is -0.833. The van der Waals surface area contributed by atoms with Gasteiger partial charge in [-0.2, -0.15) is 15.0 Å². The molecule has 0 bridgehead atoms. The fraction of sp³-hybridized carbons (Fsp3) is 0.136. The number of halogens is 2. The molecule has 4 aromatic carbocycles. The van der Waals surface area contributed by atoms with Crippen LogP contribution in [0.2, 0.25) is 0 Å². The Hall–Kier alpha value is -8.04. The lowest BCUT2D eigenvalue weighted by Gasteiger charge is -2.18. The normalized spacial score (nSPS) is 10.3. The lowest BCUT2D eigenvalue weighted by Crippen LogP contribution is -2.16. The average Bonchev–Trinajstić information content (AvgIpc) is 3.31. The zero-order valence-corrected chi connectivity index (χ0v) is 34.6. The number of ether oxygens (including phenoxy) is 4. The van der Waals surface area contributed by atoms with Crippen LogP contribution in [0.5, 0.6) is 11.5 Å². The minimum Gasteiger partial charge on any atom is -0.491 e. The van der Waals surface area contributed by atoms with Gasteiger partial charge in [0, 0.05) is 37.0 Å². The van der Waals surface area contributed by atoms with Crippen LogP contribution in [0.3, 0.4) is 0 Å². The Labute approximate surface area is 366 Å². The summed E-state index contributed by atoms with van der Waals surface area (Å²) in [7, 11) is 3.18. The summed E-state index contributed by atoms with van der Waals surface area (Å²) in [5.41, 5.74) is 2.54. The van der Waals surface area contributed by atoms with Crippen LogP contribution in [-0.4, -0.2) is 82.8 Å². The quantitative estimate of drug-likeness (QED) is 0.0243. The van der Waals surface area contributed by atoms with Gasteiger partial charge in [-0.3, -0.25) is 20.0 Å². The zero-order valence-electron chi connectivity index (χ0n) is 34.6. The van der Waals surface area contributed by atoms with E-state index in [0.717, 1.165) is 29.6 Å². The highest BCUT2D eigenvalue weighted by Crippen LogP contribution is 2.29. The molecule has 0 saturated carbocycles. The maximum absolute atomic E-state index is 14.3. The first-order chi connectivity index (χ1) is 31.0. The first-order valence-corrected chi connectivity index (χ1v) is 19.1. The molecule has 2 aromatic heterocycles. The van der Waals surface area contributed by atoms with Crippen LogP contribution < -0.4 is 40.9 Å². The Balaban J connectivity index is 0.000000241. The van der Waals surface area contributed by atoms with E-state index in [1.54, 1.807) is 99.1 Å². The van der Waals surface area contributed by atoms with E-state index in [2.05, 4.69) is 54.4 Å². The van der Waals surface area contributed by atoms with Gasteiger partial charge in [-0.1, -0.05) is 25.3 Å². The maximum Gasteiger partial charge on any atom is 0.256 e. The molecule has 0 aliphatic carbocycles. The van der Waals surface area contributed by atoms with E-state index in [-0.39, 0.29) is 35.1 Å². The monoisotopic (exact) mass is 878 g/mol. The second kappa shape index (κ2) is 23.8. The molecule has 18 nitrogen and oxygen atoms in total. The molecule has 0 unspecified atom stereocenters. The molecule has 0 aliphatic heterocycles. The van der Waals surface area contributed by atoms with Gasteiger partial charge in [0.15, 0.2) is 23.3 Å². The molecular weight excluding hydrogens is 835 g/mol. The van der Waals surface area contributed by atoms with Crippen LogP contribution in [0.1, 0.15) is 0 Å². The Morgan fingerprint density at radius 3 is 1.81 bits per heavy atom. The summed E-state index contributed by atoms with van der Waals surface area (Å²) in [5, 5.41) is 33.3. The third kappa shape index (κ3) is 14.0. The number of nitrogens with one attached hydrogen (secondary N) is 4. The smallest absolute Gasteiger partial charge is 0.256 e. The van der Waals surface area contributed by atoms with Gasteiger partial charge in [-0.25, -0.2) is 23.8 Å². The van der Waals surface area contributed by atoms with Crippen molar-refractivity contribution in [3.8, 4) is 11.5 Å². The fourth-order valence-corrected chi connectivity index (χ4v) is 5.20. The second-order valence-electron chi connectivity index (χ2n) is 12.8. The van der Waals surface area contributed by atoms with Gasteiger partial charge in [0.25, 0.3) is 5.95 Å². The SMILES string of the molecule is C=CC(=O)Nc1cccc(N(O)c2nc(Nc3ccc(OCCOC)cc3)ncc2F)c1.C=CC(=O)Nc1cccc(Nc2nc(N(O)c3ccc(OCCOC)cc3)ncc2F)c1. The van der Waals surface area contributed by atoms with Crippen molar-refractivity contribution in [3.05, 3.63) is 146 Å². The number of amides is 2. The summed E-state index contributed by atoms with van der Waals surface area (Å²) in [6, 6.07) is 26.4. The molecule has 0 aliphatic rings. The van der Waals surface area contributed by atoms with Crippen LogP contribution in [0.15, 0.2) is 135 Å². The molecule has 6 rings (SSSR count). The van der Waals surface area contributed by atoms with E-state index in [1.165, 1.54) is 12.1 Å². The number of rotatable bonds is 20. The predicted octanol–water partition coefficient (Wildman–Crippen LogP) is 8.07. The van der Waals surface area contributed by atoms with Crippen molar-refractivity contribution in [2.45, 2.75) is 0 Å². The number of carbonyl (C=O) groups excluding carboxylic acids is 2. The topological polar surface area (TPSA) is 218 Å². The summed E-state index contributed by atoms with van der Waals surface area (Å²) in [6.07, 6.45) is 4.15. The zero-order chi connectivity index (χ0) is 45.8. The van der Waals surface area contributed by atoms with Gasteiger partial charge in [0.05, 0.1) is 37.0 Å². The van der Waals surface area contributed by atoms with Crippen LogP contribution in [-0.2, 0) is 19.1 Å². The van der Waals surface area contributed by atoms with Crippen LogP contribution in [0.4, 0.5) is 66.4 Å². The van der Waals surface area contributed by atoms with Gasteiger partial charge in [-0.05, 0) is 97.1 Å². The third-order valence-electron chi connectivity index (χ3n) is 8.27. The summed E-state index contributed by atoms with van der Waals surface area (Å²) in [6.45, 7) is 8.54. The first kappa shape index (κ1) is 47.0. The molecule has 0 radical (unpaired) electrons. The molecular formula is C44H44F2N10O8. The maximum atomic E-state index is 14.3. The molecule has 0 fully saturated rings. The van der Waals surface area contributed by atoms with E-state index in [0.29, 0.717) is 71.4 Å². The lowest BCUT2D eigenvalue weighted by molar-refractivity contribution is -0.112. The molecule has 2 heterocycles. The molecule has 6 aromatic rings. The van der Waals surface area contributed by atoms with Gasteiger partial charge in [0.1, 0.15) is 24.7 Å². The highest BCUT2D eigenvalue weighted by atomic mass is 19.1. The Kier molecular flexibility index (Phi) is 17.5. The standard InChI is InChI=1S/2C22H22FN5O4/c1-3-20(29)25-16-5-4-6-17(13-16)28(30)21-19(23)14-24-22(27-21)26-15-7-9-18(10-8-15)32-12-11-31-2;1-3-20(29)25-15-5-4-6-16(13-15)26-21-19(23)14-24-22(27-21)28(30)17-7-9-18(10-8-17)32-12-11-31-2/h2*3-10,13-14,30H,1,11-12H2,2H3,(H,25,29)(H,24,26,27). The molecule has 0 spiro atoms. The highest BCUT2D eigenvalue weighted by Gasteiger charge is 2.17. The van der Waals surface area contributed by atoms with Crippen molar-refractivity contribution in [2.75, 3.05) is 72.0 Å². The Morgan fingerprint density at radius 1 is 0.641 bits per heavy atom. The fourth-order valence-electron chi connectivity index (χ4n) is 5.20. The lowest BCUT2D eigenvalue weighted by atomic mass is 10.2. The van der Waals surface area contributed by atoms with E-state index < -0.39 is 17.5 Å². The summed E-state index contributed by atoms with van der Waals surface area (Å²) < 4.78 is 49.5. The Bertz CT molecular complexity index is 2500. The third-order valence-corrected chi connectivity index (χ3v) is 8.27. The highest BCUT2D eigenvalue weighted by molar-refractivity contribution is 5.99. The molecule has 0 atom stereocenters. The van der Waals surface area contributed by atoms with Gasteiger partial charge >= 0.3 is 0 Å². The van der Waals surface area contributed by atoms with Gasteiger partial charge in [-0.15, -0.1) is 0 Å². The van der Waals surface area contributed by atoms with E-state index in [4.69, 9.17) is 18.9 Å². The van der Waals surface area contributed by atoms with Crippen molar-refractivity contribution >= 4 is 69.5 Å². The molecule has 20 heteroatoms. The van der Waals surface area contributed by atoms with Gasteiger partial charge < -0.3 is 40.2 Å². The Morgan fingerprint density at radius 2 is 1.20 bits per heavy atom. The molecule has 64 heavy (non-hydrogen) atoms. The van der Waals surface area contributed by atoms with E-state index in [1.807, 2.05) is 0 Å². The number of aromatic nitrogens is 4. The number of carbonyl (C=O) groups is 2. The number of nitrogens with zero attached hydrogens (tertiary/aromatic N) is 6. The summed E-state index contributed by atoms with van der Waals surface area (Å²) in [4.78, 5) is 38.8. The minimum absolute atomic E-state index is 0.0737. The van der Waals surface area contributed by atoms with Gasteiger partial charge in [0.2, 0.25) is 17.8 Å². The summed E-state index contributed by atoms with van der Waals surface area (Å²) >= 11 is 0. The van der Waals surface area contributed by atoms with E-state index >= 15 is 0 Å². The second-order valence-corrected chi connectivity index (χ2v) is 12.8. The predicted molar refractivity (Wildman–Crippen MR) is 237 cm³/mol. The molecule has 6 N–H and O–H groups in total. The molecule has 2 amide bonds. The van der Waals surface area contributed by atoms with Crippen molar-refractivity contribution in [3.63, 3.8) is 0 Å². The van der Waals surface area contributed by atoms with E-state index in [9.17, 15) is 28.8 Å². The molecule has 0 saturated heterocycles. The van der Waals surface area contributed by atoms with Crippen LogP contribution in [0.25, 0.3) is 0 Å². The number of hydrogen-bond acceptors (Lipinski definition) is 16. The number of hydrogen-bond donors (Lipinski definition) is 6. The van der Waals surface area contributed by atoms with Crippen molar-refractivity contribution in [1.29, 1.82) is 0 Å². The summed E-state index contributed by atoms with van der Waals surface area (Å²) in [5.74, 6) is -1.66. The average molecular weight is 879 g/mol. The largest absolute Gasteiger partial charge is 0.491 e. The number of benzene rings is 4. The number of methoxy groups -OCH3 is 2. The first-order valence-electron chi connectivity index (χ1n) is 19.1. The van der Waals surface area contributed by atoms with Crippen molar-refractivity contribution in [1.82, 2.24) is 19.9 Å².